The molecule has 2 aromatic heterocycles. The molecule has 0 bridgehead atoms. The van der Waals surface area contributed by atoms with Gasteiger partial charge in [-0.1, -0.05) is 57.2 Å². The van der Waals surface area contributed by atoms with Crippen LogP contribution in [0.3, 0.4) is 0 Å². The number of anilines is 1. The largest absolute Gasteiger partial charge is 0.337 e. The van der Waals surface area contributed by atoms with Gasteiger partial charge in [-0.25, -0.2) is 4.99 Å². The molecule has 0 saturated heterocycles. The van der Waals surface area contributed by atoms with Gasteiger partial charge < -0.3 is 9.88 Å². The molecule has 2 heterocycles. The molecule has 1 aliphatic rings. The van der Waals surface area contributed by atoms with Crippen LogP contribution in [0, 0.1) is 22.7 Å². The second-order valence-electron chi connectivity index (χ2n) is 10.5. The first kappa shape index (κ1) is 24.0. The summed E-state index contributed by atoms with van der Waals surface area (Å²) in [5, 5.41) is 14.7. The molecule has 36 heavy (non-hydrogen) atoms. The monoisotopic (exact) mass is 494 g/mol. The van der Waals surface area contributed by atoms with Crippen molar-refractivity contribution in [2.24, 2.45) is 16.3 Å². The maximum atomic E-state index is 12.7. The summed E-state index contributed by atoms with van der Waals surface area (Å²) in [5.74, 6) is 0.531. The van der Waals surface area contributed by atoms with Gasteiger partial charge in [-0.05, 0) is 54.4 Å². The first-order valence-corrected chi connectivity index (χ1v) is 13.2. The van der Waals surface area contributed by atoms with Gasteiger partial charge in [0.25, 0.3) is 0 Å². The first-order chi connectivity index (χ1) is 17.3. The van der Waals surface area contributed by atoms with Crippen LogP contribution in [0.2, 0.25) is 0 Å². The van der Waals surface area contributed by atoms with Crippen LogP contribution in [0.25, 0.3) is 10.9 Å². The Labute approximate surface area is 216 Å². The molecule has 0 aliphatic heterocycles. The molecule has 5 nitrogen and oxygen atoms in total. The zero-order chi connectivity index (χ0) is 25.3. The van der Waals surface area contributed by atoms with E-state index in [9.17, 15) is 10.1 Å². The molecule has 182 valence electrons. The second kappa shape index (κ2) is 9.75. The first-order valence-electron chi connectivity index (χ1n) is 12.3. The van der Waals surface area contributed by atoms with E-state index in [1.807, 2.05) is 71.6 Å². The fourth-order valence-electron chi connectivity index (χ4n) is 5.03. The van der Waals surface area contributed by atoms with Gasteiger partial charge in [-0.2, -0.15) is 5.26 Å². The molecule has 0 saturated carbocycles. The van der Waals surface area contributed by atoms with Crippen LogP contribution in [0.15, 0.2) is 65.8 Å². The molecule has 5 rings (SSSR count). The molecule has 0 fully saturated rings. The predicted molar refractivity (Wildman–Crippen MR) is 148 cm³/mol. The fourth-order valence-corrected chi connectivity index (χ4v) is 6.25. The predicted octanol–water partition coefficient (Wildman–Crippen LogP) is 7.11. The number of thiophene rings is 1. The smallest absolute Gasteiger partial charge is 0.244 e. The quantitative estimate of drug-likeness (QED) is 0.300. The van der Waals surface area contributed by atoms with Crippen LogP contribution in [-0.4, -0.2) is 16.7 Å². The maximum absolute atomic E-state index is 12.7. The number of carbonyl (C=O) groups is 1. The number of aliphatic imine (C=N–C) groups is 1. The molecule has 4 aromatic rings. The Bertz CT molecular complexity index is 1480. The van der Waals surface area contributed by atoms with Crippen LogP contribution < -0.4 is 5.32 Å². The zero-order valence-corrected chi connectivity index (χ0v) is 21.7. The molecule has 1 N–H and O–H groups in total. The summed E-state index contributed by atoms with van der Waals surface area (Å²) in [6.07, 6.45) is 6.89. The Hall–Kier alpha value is -3.69. The van der Waals surface area contributed by atoms with Gasteiger partial charge in [0.05, 0.1) is 5.56 Å². The van der Waals surface area contributed by atoms with E-state index in [-0.39, 0.29) is 17.9 Å². The Morgan fingerprint density at radius 1 is 1.19 bits per heavy atom. The summed E-state index contributed by atoms with van der Waals surface area (Å²) in [6, 6.07) is 19.9. The van der Waals surface area contributed by atoms with E-state index in [0.717, 1.165) is 52.0 Å². The zero-order valence-electron chi connectivity index (χ0n) is 20.9. The third-order valence-corrected chi connectivity index (χ3v) is 8.26. The van der Waals surface area contributed by atoms with Crippen LogP contribution >= 0.6 is 11.3 Å². The Morgan fingerprint density at radius 2 is 1.94 bits per heavy atom. The molecular formula is C30H30N4OS. The van der Waals surface area contributed by atoms with Crippen molar-refractivity contribution in [1.82, 2.24) is 4.57 Å². The summed E-state index contributed by atoms with van der Waals surface area (Å²) in [5.41, 5.74) is 4.86. The molecule has 2 aromatic carbocycles. The van der Waals surface area contributed by atoms with Crippen molar-refractivity contribution in [2.45, 2.75) is 46.6 Å². The minimum Gasteiger partial charge on any atom is -0.337 e. The van der Waals surface area contributed by atoms with Gasteiger partial charge >= 0.3 is 0 Å². The van der Waals surface area contributed by atoms with Crippen LogP contribution in [0.5, 0.6) is 0 Å². The van der Waals surface area contributed by atoms with Crippen LogP contribution in [-0.2, 0) is 24.2 Å². The van der Waals surface area contributed by atoms with E-state index in [0.29, 0.717) is 5.92 Å². The topological polar surface area (TPSA) is 70.2 Å². The lowest BCUT2D eigenvalue weighted by molar-refractivity contribution is -0.116. The van der Waals surface area contributed by atoms with Crippen molar-refractivity contribution < 1.29 is 4.79 Å². The standard InChI is InChI=1S/C30H30N4OS/c1-30(2,3)21-13-14-24-25(16-31)29(36-27(24)15-21)32-17-20-18-34(26-12-8-7-11-23(20)26)19-28(35)33-22-9-5-4-6-10-22/h4-12,17-18,21H,13-15,19H2,1-3H3,(H,33,35)/t21-/m0/s1. The number of amides is 1. The normalized spacial score (nSPS) is 15.7. The van der Waals surface area contributed by atoms with Gasteiger partial charge in [-0.3, -0.25) is 4.79 Å². The maximum Gasteiger partial charge on any atom is 0.244 e. The number of carbonyl (C=O) groups excluding carboxylic acids is 1. The Morgan fingerprint density at radius 3 is 2.69 bits per heavy atom. The van der Waals surface area contributed by atoms with E-state index in [4.69, 9.17) is 4.99 Å². The van der Waals surface area contributed by atoms with E-state index in [1.165, 1.54) is 10.4 Å². The van der Waals surface area contributed by atoms with Crippen molar-refractivity contribution >= 4 is 45.0 Å². The Balaban J connectivity index is 1.42. The number of aromatic nitrogens is 1. The third kappa shape index (κ3) is 4.84. The third-order valence-electron chi connectivity index (χ3n) is 7.10. The van der Waals surface area contributed by atoms with E-state index in [1.54, 1.807) is 11.3 Å². The number of fused-ring (bicyclic) bond motifs is 2. The molecule has 0 radical (unpaired) electrons. The molecule has 1 atom stereocenters. The molecule has 6 heteroatoms. The minimum atomic E-state index is -0.0865. The number of benzene rings is 2. The Kier molecular flexibility index (Phi) is 6.51. The van der Waals surface area contributed by atoms with Gasteiger partial charge in [0, 0.05) is 39.4 Å². The number of hydrogen-bond acceptors (Lipinski definition) is 4. The summed E-state index contributed by atoms with van der Waals surface area (Å²) >= 11 is 1.66. The SMILES string of the molecule is CC(C)(C)[C@H]1CCc2c(sc(N=Cc3cn(CC(=O)Nc4ccccc4)c4ccccc34)c2C#N)C1. The molecule has 0 unspecified atom stereocenters. The lowest BCUT2D eigenvalue weighted by atomic mass is 9.72. The summed E-state index contributed by atoms with van der Waals surface area (Å²) in [6.45, 7) is 7.11. The van der Waals surface area contributed by atoms with Crippen molar-refractivity contribution in [3.63, 3.8) is 0 Å². The molecule has 1 aliphatic carbocycles. The average molecular weight is 495 g/mol. The van der Waals surface area contributed by atoms with Crippen molar-refractivity contribution in [1.29, 1.82) is 5.26 Å². The van der Waals surface area contributed by atoms with Crippen molar-refractivity contribution in [3.8, 4) is 6.07 Å². The molecule has 0 spiro atoms. The lowest BCUT2D eigenvalue weighted by Crippen LogP contribution is -2.26. The highest BCUT2D eigenvalue weighted by atomic mass is 32.1. The second-order valence-corrected chi connectivity index (χ2v) is 11.6. The van der Waals surface area contributed by atoms with Crippen molar-refractivity contribution in [2.75, 3.05) is 5.32 Å². The summed E-state index contributed by atoms with van der Waals surface area (Å²) in [7, 11) is 0. The summed E-state index contributed by atoms with van der Waals surface area (Å²) in [4.78, 5) is 18.8. The van der Waals surface area contributed by atoms with Gasteiger partial charge in [0.1, 0.15) is 17.6 Å². The number of nitriles is 1. The van der Waals surface area contributed by atoms with Gasteiger partial charge in [0.2, 0.25) is 5.91 Å². The number of rotatable bonds is 5. The number of para-hydroxylation sites is 2. The highest BCUT2D eigenvalue weighted by molar-refractivity contribution is 7.16. The average Bonchev–Trinajstić information content (AvgIpc) is 3.39. The van der Waals surface area contributed by atoms with E-state index >= 15 is 0 Å². The number of nitrogens with one attached hydrogen (secondary N) is 1. The number of nitrogens with zero attached hydrogens (tertiary/aromatic N) is 3. The van der Waals surface area contributed by atoms with Crippen LogP contribution in [0.4, 0.5) is 10.7 Å². The van der Waals surface area contributed by atoms with Gasteiger partial charge in [0.15, 0.2) is 0 Å². The van der Waals surface area contributed by atoms with E-state index < -0.39 is 0 Å². The van der Waals surface area contributed by atoms with Crippen LogP contribution in [0.1, 0.15) is 48.8 Å². The van der Waals surface area contributed by atoms with Crippen molar-refractivity contribution in [3.05, 3.63) is 82.4 Å². The highest BCUT2D eigenvalue weighted by Crippen LogP contribution is 2.45. The minimum absolute atomic E-state index is 0.0865. The molecular weight excluding hydrogens is 464 g/mol. The molecule has 1 amide bonds. The van der Waals surface area contributed by atoms with Gasteiger partial charge in [-0.15, -0.1) is 11.3 Å². The number of hydrogen-bond donors (Lipinski definition) is 1. The summed E-state index contributed by atoms with van der Waals surface area (Å²) < 4.78 is 1.95. The fraction of sp³-hybridized carbons (Fsp3) is 0.300. The highest BCUT2D eigenvalue weighted by Gasteiger charge is 2.32. The van der Waals surface area contributed by atoms with E-state index in [2.05, 4.69) is 32.2 Å². The lowest BCUT2D eigenvalue weighted by Gasteiger charge is -2.33.